The number of nitrogens with one attached hydrogen (secondary N) is 1. The van der Waals surface area contributed by atoms with Gasteiger partial charge in [0.25, 0.3) is 0 Å². The van der Waals surface area contributed by atoms with Crippen molar-refractivity contribution >= 4 is 17.4 Å². The lowest BCUT2D eigenvalue weighted by Crippen LogP contribution is -3.06. The number of hydroxylamine groups is 1. The van der Waals surface area contributed by atoms with Gasteiger partial charge in [-0.3, -0.25) is 9.59 Å². The minimum atomic E-state index is -1.11. The predicted molar refractivity (Wildman–Crippen MR) is 107 cm³/mol. The lowest BCUT2D eigenvalue weighted by atomic mass is 9.86. The first kappa shape index (κ1) is 20.3. The largest absolute Gasteiger partial charge is 0.628 e. The van der Waals surface area contributed by atoms with E-state index in [1.165, 1.54) is 13.3 Å². The number of fused-ring (bicyclic) bond motifs is 1. The highest BCUT2D eigenvalue weighted by Crippen LogP contribution is 2.37. The molecule has 0 radical (unpaired) electrons. The zero-order valence-corrected chi connectivity index (χ0v) is 16.7. The molecule has 1 saturated carbocycles. The molecule has 4 rings (SSSR count). The van der Waals surface area contributed by atoms with Crippen LogP contribution in [0.1, 0.15) is 54.1 Å². The van der Waals surface area contributed by atoms with Crippen LogP contribution in [-0.4, -0.2) is 41.1 Å². The highest BCUT2D eigenvalue weighted by atomic mass is 16.5. The number of rotatable bonds is 7. The van der Waals surface area contributed by atoms with Gasteiger partial charge in [0.15, 0.2) is 28.9 Å². The van der Waals surface area contributed by atoms with Crippen LogP contribution in [0.5, 0.6) is 11.5 Å². The molecule has 1 fully saturated rings. The molecular weight excluding hydrogens is 388 g/mol. The standard InChI is InChI=1S/C22H24N2O6/c1-29-17-9-8-13(11-18(17)30-14-5-2-3-6-14)15(12-19(25)26)21-22(27)20-16(24(21)28)7-4-10-23-20/h4,7-11,14-15,21,24H,2-3,5-6,12H2,1H3,(H,25,26). The van der Waals surface area contributed by atoms with Crippen LogP contribution >= 0.6 is 0 Å². The number of aliphatic carboxylic acids is 1. The van der Waals surface area contributed by atoms with Gasteiger partial charge in [0, 0.05) is 12.3 Å². The summed E-state index contributed by atoms with van der Waals surface area (Å²) in [4.78, 5) is 28.6. The Kier molecular flexibility index (Phi) is 5.69. The second-order valence-electron chi connectivity index (χ2n) is 7.74. The van der Waals surface area contributed by atoms with Crippen LogP contribution in [0.4, 0.5) is 5.69 Å². The molecule has 1 aliphatic heterocycles. The first-order valence-corrected chi connectivity index (χ1v) is 10.1. The number of quaternary nitrogens is 1. The summed E-state index contributed by atoms with van der Waals surface area (Å²) in [7, 11) is 1.54. The molecule has 30 heavy (non-hydrogen) atoms. The fourth-order valence-corrected chi connectivity index (χ4v) is 4.42. The van der Waals surface area contributed by atoms with Gasteiger partial charge in [-0.2, -0.15) is 0 Å². The fourth-order valence-electron chi connectivity index (χ4n) is 4.42. The number of hydrogen-bond donors (Lipinski definition) is 2. The van der Waals surface area contributed by atoms with Gasteiger partial charge in [-0.1, -0.05) is 6.07 Å². The number of nitrogens with zero attached hydrogens (tertiary/aromatic N) is 1. The lowest BCUT2D eigenvalue weighted by Gasteiger charge is -2.29. The number of ether oxygens (including phenoxy) is 2. The van der Waals surface area contributed by atoms with Crippen molar-refractivity contribution in [2.45, 2.75) is 50.2 Å². The normalized spacial score (nSPS) is 22.0. The van der Waals surface area contributed by atoms with Gasteiger partial charge < -0.3 is 24.9 Å². The van der Waals surface area contributed by atoms with Crippen LogP contribution in [0.25, 0.3) is 0 Å². The van der Waals surface area contributed by atoms with Gasteiger partial charge in [0.2, 0.25) is 5.78 Å². The summed E-state index contributed by atoms with van der Waals surface area (Å²) in [6.07, 6.45) is 5.29. The number of carbonyl (C=O) groups excluding carboxylic acids is 1. The maximum Gasteiger partial charge on any atom is 0.304 e. The smallest absolute Gasteiger partial charge is 0.304 e. The third-order valence-electron chi connectivity index (χ3n) is 5.88. The second-order valence-corrected chi connectivity index (χ2v) is 7.74. The third-order valence-corrected chi connectivity index (χ3v) is 5.88. The summed E-state index contributed by atoms with van der Waals surface area (Å²) in [6, 6.07) is 7.15. The van der Waals surface area contributed by atoms with E-state index >= 15 is 0 Å². The average molecular weight is 412 g/mol. The number of carboxylic acid groups (broad SMARTS) is 1. The van der Waals surface area contributed by atoms with E-state index in [9.17, 15) is 19.9 Å². The molecule has 2 aromatic rings. The molecule has 8 heteroatoms. The summed E-state index contributed by atoms with van der Waals surface area (Å²) < 4.78 is 11.5. The van der Waals surface area contributed by atoms with E-state index in [4.69, 9.17) is 9.47 Å². The summed E-state index contributed by atoms with van der Waals surface area (Å²) in [5.41, 5.74) is 0.920. The van der Waals surface area contributed by atoms with Crippen LogP contribution in [-0.2, 0) is 4.79 Å². The summed E-state index contributed by atoms with van der Waals surface area (Å²) >= 11 is 0. The van der Waals surface area contributed by atoms with Crippen LogP contribution in [0.2, 0.25) is 0 Å². The van der Waals surface area contributed by atoms with Gasteiger partial charge in [0.1, 0.15) is 0 Å². The Morgan fingerprint density at radius 3 is 2.73 bits per heavy atom. The maximum atomic E-state index is 13.0. The highest BCUT2D eigenvalue weighted by Gasteiger charge is 2.46. The van der Waals surface area contributed by atoms with Crippen molar-refractivity contribution in [3.8, 4) is 11.5 Å². The first-order chi connectivity index (χ1) is 14.5. The van der Waals surface area contributed by atoms with Crippen molar-refractivity contribution in [3.05, 3.63) is 53.0 Å². The molecule has 3 atom stereocenters. The summed E-state index contributed by atoms with van der Waals surface area (Å²) in [6.45, 7) is 0. The molecule has 2 heterocycles. The van der Waals surface area contributed by atoms with Crippen LogP contribution < -0.4 is 14.5 Å². The molecular formula is C22H24N2O6. The second kappa shape index (κ2) is 8.41. The minimum absolute atomic E-state index is 0.0790. The molecule has 2 aliphatic rings. The van der Waals surface area contributed by atoms with Crippen molar-refractivity contribution < 1.29 is 29.2 Å². The Morgan fingerprint density at radius 2 is 2.07 bits per heavy atom. The molecule has 1 aromatic carbocycles. The van der Waals surface area contributed by atoms with E-state index in [1.807, 2.05) is 0 Å². The predicted octanol–water partition coefficient (Wildman–Crippen LogP) is 2.25. The lowest BCUT2D eigenvalue weighted by molar-refractivity contribution is -0.792. The van der Waals surface area contributed by atoms with Crippen molar-refractivity contribution in [3.63, 3.8) is 0 Å². The average Bonchev–Trinajstić information content (AvgIpc) is 3.33. The molecule has 0 spiro atoms. The number of carbonyl (C=O) groups is 2. The Morgan fingerprint density at radius 1 is 1.30 bits per heavy atom. The van der Waals surface area contributed by atoms with Crippen molar-refractivity contribution in [2.75, 3.05) is 7.11 Å². The monoisotopic (exact) mass is 412 g/mol. The van der Waals surface area contributed by atoms with Crippen molar-refractivity contribution in [1.29, 1.82) is 0 Å². The number of carboxylic acids is 1. The van der Waals surface area contributed by atoms with E-state index in [2.05, 4.69) is 4.98 Å². The van der Waals surface area contributed by atoms with Crippen molar-refractivity contribution in [2.24, 2.45) is 0 Å². The molecule has 1 aliphatic carbocycles. The Hall–Kier alpha value is -2.97. The van der Waals surface area contributed by atoms with E-state index in [1.54, 1.807) is 30.3 Å². The van der Waals surface area contributed by atoms with Gasteiger partial charge in [-0.25, -0.2) is 4.98 Å². The Labute approximate surface area is 174 Å². The third kappa shape index (κ3) is 3.76. The Bertz CT molecular complexity index is 956. The molecule has 2 N–H and O–H groups in total. The van der Waals surface area contributed by atoms with E-state index in [0.29, 0.717) is 17.1 Å². The summed E-state index contributed by atoms with van der Waals surface area (Å²) in [5.74, 6) is -1.30. The van der Waals surface area contributed by atoms with Gasteiger partial charge in [-0.05, 0) is 49.4 Å². The fraction of sp³-hybridized carbons (Fsp3) is 0.409. The minimum Gasteiger partial charge on any atom is -0.628 e. The molecule has 8 nitrogen and oxygen atoms in total. The van der Waals surface area contributed by atoms with Gasteiger partial charge >= 0.3 is 5.97 Å². The van der Waals surface area contributed by atoms with Crippen LogP contribution in [0, 0.1) is 5.21 Å². The highest BCUT2D eigenvalue weighted by molar-refractivity contribution is 6.04. The number of methoxy groups -OCH3 is 1. The number of benzene rings is 1. The molecule has 1 aromatic heterocycles. The molecule has 0 saturated heterocycles. The zero-order chi connectivity index (χ0) is 21.3. The summed E-state index contributed by atoms with van der Waals surface area (Å²) in [5, 5.41) is 22.1. The number of aromatic nitrogens is 1. The zero-order valence-electron chi connectivity index (χ0n) is 16.7. The van der Waals surface area contributed by atoms with Crippen molar-refractivity contribution in [1.82, 2.24) is 4.98 Å². The van der Waals surface area contributed by atoms with Gasteiger partial charge in [0.05, 0.1) is 25.6 Å². The molecule has 158 valence electrons. The SMILES string of the molecule is COc1ccc(C(CC(=O)O)C2C(=O)c3ncccc3[NH+]2[O-])cc1OC1CCCC1. The molecule has 3 unspecified atom stereocenters. The molecule has 0 amide bonds. The number of pyridine rings is 1. The number of Topliss-reactive ketones (excluding diaryl/α,β-unsaturated/α-hetero) is 1. The topological polar surface area (TPSA) is 113 Å². The van der Waals surface area contributed by atoms with Crippen LogP contribution in [0.15, 0.2) is 36.5 Å². The first-order valence-electron chi connectivity index (χ1n) is 10.1. The van der Waals surface area contributed by atoms with E-state index < -0.39 is 23.7 Å². The van der Waals surface area contributed by atoms with Crippen LogP contribution in [0.3, 0.4) is 0 Å². The quantitative estimate of drug-likeness (QED) is 0.671. The Balaban J connectivity index is 1.71. The maximum absolute atomic E-state index is 13.0. The molecule has 0 bridgehead atoms. The van der Waals surface area contributed by atoms with Gasteiger partial charge in [-0.15, -0.1) is 0 Å². The van der Waals surface area contributed by atoms with E-state index in [0.717, 1.165) is 25.7 Å². The number of hydrogen-bond acceptors (Lipinski definition) is 6. The van der Waals surface area contributed by atoms with E-state index in [-0.39, 0.29) is 29.0 Å². The number of ketones is 1.